The van der Waals surface area contributed by atoms with Crippen molar-refractivity contribution in [1.29, 1.82) is 0 Å². The number of carbonyl (C=O) groups is 1. The van der Waals surface area contributed by atoms with Gasteiger partial charge in [-0.3, -0.25) is 0 Å². The molecule has 6 heteroatoms. The Balaban J connectivity index is 2.17. The van der Waals surface area contributed by atoms with E-state index in [1.807, 2.05) is 0 Å². The second-order valence-electron chi connectivity index (χ2n) is 5.54. The van der Waals surface area contributed by atoms with Crippen molar-refractivity contribution in [3.05, 3.63) is 23.8 Å². The van der Waals surface area contributed by atoms with E-state index < -0.39 is 6.16 Å². The van der Waals surface area contributed by atoms with Crippen molar-refractivity contribution in [2.75, 3.05) is 0 Å². The fourth-order valence-corrected chi connectivity index (χ4v) is 3.09. The lowest BCUT2D eigenvalue weighted by molar-refractivity contribution is 0.143. The number of hydrogen-bond donors (Lipinski definition) is 2. The van der Waals surface area contributed by atoms with Gasteiger partial charge in [-0.25, -0.2) is 4.79 Å². The average molecular weight is 452 g/mol. The number of hydrogen-bond acceptors (Lipinski definition) is 3. The predicted octanol–water partition coefficient (Wildman–Crippen LogP) is 6.23. The molecule has 1 rings (SSSR count). The van der Waals surface area contributed by atoms with Crippen molar-refractivity contribution >= 4 is 38.0 Å². The Morgan fingerprint density at radius 3 is 2.26 bits per heavy atom. The Hall–Kier alpha value is -0.750. The summed E-state index contributed by atoms with van der Waals surface area (Å²) in [5.74, 6) is -0.0547. The monoisotopic (exact) mass is 450 g/mol. The fourth-order valence-electron chi connectivity index (χ4n) is 2.44. The van der Waals surface area contributed by atoms with Crippen molar-refractivity contribution in [2.45, 2.75) is 61.5 Å². The third-order valence-electron chi connectivity index (χ3n) is 3.65. The molecule has 0 fully saturated rings. The van der Waals surface area contributed by atoms with Crippen LogP contribution in [0.5, 0.6) is 11.5 Å². The third-order valence-corrected chi connectivity index (χ3v) is 4.56. The van der Waals surface area contributed by atoms with Gasteiger partial charge in [-0.05, 0) is 30.9 Å². The maximum absolute atomic E-state index is 10.5. The molecule has 2 N–H and O–H groups in total. The molecule has 0 aromatic heterocycles. The summed E-state index contributed by atoms with van der Waals surface area (Å²) < 4.78 is 4.98. The van der Waals surface area contributed by atoms with Gasteiger partial charge >= 0.3 is 6.16 Å². The number of carboxylic acid groups (broad SMARTS) is 1. The van der Waals surface area contributed by atoms with Crippen molar-refractivity contribution in [1.82, 2.24) is 0 Å². The topological polar surface area (TPSA) is 66.8 Å². The van der Waals surface area contributed by atoms with Crippen LogP contribution in [0.4, 0.5) is 4.79 Å². The van der Waals surface area contributed by atoms with Gasteiger partial charge in [0.15, 0.2) is 11.5 Å². The standard InChI is InChI=1S/C17H24Br2O4/c18-15(19)12-7-5-3-1-2-4-6-9-13-10-8-11-14(16(13)20)23-17(21)22/h8,10-11,15,20H,1-7,9,12H2,(H,21,22). The number of ether oxygens (including phenoxy) is 1. The zero-order chi connectivity index (χ0) is 17.1. The van der Waals surface area contributed by atoms with Crippen LogP contribution in [0.25, 0.3) is 0 Å². The third kappa shape index (κ3) is 9.20. The molecule has 1 aromatic carbocycles. The van der Waals surface area contributed by atoms with Gasteiger partial charge in [-0.1, -0.05) is 82.5 Å². The van der Waals surface area contributed by atoms with Crippen LogP contribution in [0.2, 0.25) is 0 Å². The number of phenolic OH excluding ortho intramolecular Hbond substituents is 1. The largest absolute Gasteiger partial charge is 0.511 e. The van der Waals surface area contributed by atoms with Gasteiger partial charge in [0.1, 0.15) is 0 Å². The van der Waals surface area contributed by atoms with E-state index in [9.17, 15) is 9.90 Å². The molecule has 1 aromatic rings. The minimum absolute atomic E-state index is 0.00638. The number of halogens is 2. The Morgan fingerprint density at radius 2 is 1.65 bits per heavy atom. The van der Waals surface area contributed by atoms with E-state index in [2.05, 4.69) is 36.6 Å². The Labute approximate surface area is 154 Å². The molecular formula is C17H24Br2O4. The molecule has 0 heterocycles. The molecular weight excluding hydrogens is 428 g/mol. The van der Waals surface area contributed by atoms with Crippen molar-refractivity contribution in [3.63, 3.8) is 0 Å². The first kappa shape index (κ1) is 20.3. The number of alkyl halides is 2. The quantitative estimate of drug-likeness (QED) is 0.181. The molecule has 130 valence electrons. The van der Waals surface area contributed by atoms with E-state index in [1.54, 1.807) is 12.1 Å². The van der Waals surface area contributed by atoms with Crippen LogP contribution in [0, 0.1) is 0 Å². The van der Waals surface area contributed by atoms with Gasteiger partial charge in [0.25, 0.3) is 0 Å². The van der Waals surface area contributed by atoms with Gasteiger partial charge in [-0.2, -0.15) is 0 Å². The minimum atomic E-state index is -1.41. The van der Waals surface area contributed by atoms with E-state index in [-0.39, 0.29) is 11.5 Å². The molecule has 0 spiro atoms. The summed E-state index contributed by atoms with van der Waals surface area (Å²) in [7, 11) is 0. The Morgan fingerprint density at radius 1 is 1.04 bits per heavy atom. The lowest BCUT2D eigenvalue weighted by Crippen LogP contribution is -2.03. The van der Waals surface area contributed by atoms with Crippen LogP contribution in [0.1, 0.15) is 56.9 Å². The smallest absolute Gasteiger partial charge is 0.504 e. The summed E-state index contributed by atoms with van der Waals surface area (Å²) in [6.45, 7) is 0. The average Bonchev–Trinajstić information content (AvgIpc) is 2.48. The summed E-state index contributed by atoms with van der Waals surface area (Å²) >= 11 is 6.96. The van der Waals surface area contributed by atoms with Crippen LogP contribution in [-0.2, 0) is 6.42 Å². The van der Waals surface area contributed by atoms with Crippen LogP contribution >= 0.6 is 31.9 Å². The highest BCUT2D eigenvalue weighted by Gasteiger charge is 2.10. The van der Waals surface area contributed by atoms with E-state index in [0.29, 0.717) is 3.74 Å². The van der Waals surface area contributed by atoms with Gasteiger partial charge in [0.2, 0.25) is 0 Å². The van der Waals surface area contributed by atoms with Gasteiger partial charge in [-0.15, -0.1) is 0 Å². The molecule has 0 aliphatic carbocycles. The Kier molecular flexibility index (Phi) is 10.4. The molecule has 0 aliphatic heterocycles. The first-order valence-corrected chi connectivity index (χ1v) is 9.83. The molecule has 23 heavy (non-hydrogen) atoms. The first-order valence-electron chi connectivity index (χ1n) is 8.00. The molecule has 0 bridgehead atoms. The molecule has 0 unspecified atom stereocenters. The fraction of sp³-hybridized carbons (Fsp3) is 0.588. The summed E-state index contributed by atoms with van der Waals surface area (Å²) in [6.07, 6.45) is 8.78. The summed E-state index contributed by atoms with van der Waals surface area (Å²) in [5.41, 5.74) is 0.740. The van der Waals surface area contributed by atoms with E-state index >= 15 is 0 Å². The number of benzene rings is 1. The number of aryl methyl sites for hydroxylation is 1. The number of para-hydroxylation sites is 1. The van der Waals surface area contributed by atoms with Gasteiger partial charge in [0.05, 0.1) is 3.74 Å². The van der Waals surface area contributed by atoms with E-state index in [1.165, 1.54) is 38.2 Å². The maximum Gasteiger partial charge on any atom is 0.511 e. The van der Waals surface area contributed by atoms with Crippen LogP contribution < -0.4 is 4.74 Å². The Bertz CT molecular complexity index is 478. The maximum atomic E-state index is 10.5. The summed E-state index contributed by atoms with van der Waals surface area (Å²) in [5, 5.41) is 18.6. The molecule has 0 aliphatic rings. The second kappa shape index (κ2) is 11.7. The highest BCUT2D eigenvalue weighted by Crippen LogP contribution is 2.31. The number of rotatable bonds is 11. The highest BCUT2D eigenvalue weighted by atomic mass is 79.9. The van der Waals surface area contributed by atoms with E-state index in [4.69, 9.17) is 5.11 Å². The normalized spacial score (nSPS) is 10.9. The molecule has 4 nitrogen and oxygen atoms in total. The molecule has 0 saturated heterocycles. The molecule has 0 saturated carbocycles. The van der Waals surface area contributed by atoms with Gasteiger partial charge in [0, 0.05) is 0 Å². The number of phenols is 1. The predicted molar refractivity (Wildman–Crippen MR) is 99.0 cm³/mol. The second-order valence-corrected chi connectivity index (χ2v) is 8.98. The van der Waals surface area contributed by atoms with Crippen molar-refractivity contribution < 1.29 is 19.7 Å². The van der Waals surface area contributed by atoms with Crippen LogP contribution in [0.15, 0.2) is 18.2 Å². The number of aromatic hydroxyl groups is 1. The molecule has 0 atom stereocenters. The van der Waals surface area contributed by atoms with E-state index in [0.717, 1.165) is 31.2 Å². The highest BCUT2D eigenvalue weighted by molar-refractivity contribution is 9.24. The van der Waals surface area contributed by atoms with Crippen molar-refractivity contribution in [3.8, 4) is 11.5 Å². The SMILES string of the molecule is O=C(O)Oc1cccc(CCCCCCCCCC(Br)Br)c1O. The summed E-state index contributed by atoms with van der Waals surface area (Å²) in [4.78, 5) is 10.5. The number of unbranched alkanes of at least 4 members (excludes halogenated alkanes) is 6. The zero-order valence-electron chi connectivity index (χ0n) is 13.1. The lowest BCUT2D eigenvalue weighted by atomic mass is 10.0. The molecule has 0 amide bonds. The summed E-state index contributed by atoms with van der Waals surface area (Å²) in [6, 6.07) is 4.97. The van der Waals surface area contributed by atoms with Gasteiger partial charge < -0.3 is 14.9 Å². The molecule has 0 radical (unpaired) electrons. The van der Waals surface area contributed by atoms with Crippen LogP contribution in [-0.4, -0.2) is 20.1 Å². The zero-order valence-corrected chi connectivity index (χ0v) is 16.3. The van der Waals surface area contributed by atoms with Crippen molar-refractivity contribution in [2.24, 2.45) is 0 Å². The minimum Gasteiger partial charge on any atom is -0.504 e. The van der Waals surface area contributed by atoms with Crippen LogP contribution in [0.3, 0.4) is 0 Å². The lowest BCUT2D eigenvalue weighted by Gasteiger charge is -2.08. The first-order chi connectivity index (χ1) is 11.0.